The zero-order valence-electron chi connectivity index (χ0n) is 13.4. The van der Waals surface area contributed by atoms with E-state index in [4.69, 9.17) is 27.9 Å². The fraction of sp³-hybridized carbons (Fsp3) is 0.471. The molecule has 0 bridgehead atoms. The number of aromatic nitrogens is 1. The molecular formula is C17H23Cl2N3O. The second-order valence-corrected chi connectivity index (χ2v) is 6.00. The first-order chi connectivity index (χ1) is 11.3. The van der Waals surface area contributed by atoms with E-state index in [1.165, 1.54) is 0 Å². The molecule has 0 aliphatic carbocycles. The van der Waals surface area contributed by atoms with E-state index in [1.54, 1.807) is 7.11 Å². The van der Waals surface area contributed by atoms with Crippen LogP contribution in [0.15, 0.2) is 30.5 Å². The van der Waals surface area contributed by atoms with Crippen molar-refractivity contribution in [3.63, 3.8) is 0 Å². The average Bonchev–Trinajstić information content (AvgIpc) is 2.58. The van der Waals surface area contributed by atoms with Gasteiger partial charge in [0.05, 0.1) is 12.6 Å². The standard InChI is InChI=1S/C17H23Cl2N3O/c1-23-14-3-4-16-15(13-14)17(5-9-21-16)20-8-2-10-22(11-6-18)12-7-19/h3-5,9,13H,2,6-8,10-12H2,1H3,(H,20,21). The van der Waals surface area contributed by atoms with Gasteiger partial charge in [0.25, 0.3) is 0 Å². The molecule has 0 spiro atoms. The molecule has 4 nitrogen and oxygen atoms in total. The topological polar surface area (TPSA) is 37.4 Å². The van der Waals surface area contributed by atoms with Gasteiger partial charge in [-0.15, -0.1) is 23.2 Å². The minimum Gasteiger partial charge on any atom is -0.497 e. The lowest BCUT2D eigenvalue weighted by atomic mass is 10.1. The Morgan fingerprint density at radius 1 is 1.13 bits per heavy atom. The van der Waals surface area contributed by atoms with Crippen molar-refractivity contribution in [1.29, 1.82) is 0 Å². The summed E-state index contributed by atoms with van der Waals surface area (Å²) in [5.41, 5.74) is 2.04. The fourth-order valence-corrected chi connectivity index (χ4v) is 2.98. The summed E-state index contributed by atoms with van der Waals surface area (Å²) in [6.45, 7) is 3.63. The molecule has 0 fully saturated rings. The molecule has 0 saturated carbocycles. The van der Waals surface area contributed by atoms with Crippen molar-refractivity contribution in [2.45, 2.75) is 6.42 Å². The minimum absolute atomic E-state index is 0.638. The normalized spacial score (nSPS) is 11.1. The summed E-state index contributed by atoms with van der Waals surface area (Å²) in [4.78, 5) is 6.68. The number of fused-ring (bicyclic) bond motifs is 1. The van der Waals surface area contributed by atoms with Crippen molar-refractivity contribution in [3.8, 4) is 5.75 Å². The van der Waals surface area contributed by atoms with Gasteiger partial charge in [0.2, 0.25) is 0 Å². The zero-order chi connectivity index (χ0) is 16.5. The van der Waals surface area contributed by atoms with E-state index in [1.807, 2.05) is 30.5 Å². The molecule has 0 atom stereocenters. The number of halogens is 2. The Hall–Kier alpha value is -1.23. The van der Waals surface area contributed by atoms with Gasteiger partial charge in [0.15, 0.2) is 0 Å². The van der Waals surface area contributed by atoms with E-state index in [0.29, 0.717) is 11.8 Å². The number of ether oxygens (including phenoxy) is 1. The molecule has 2 aromatic rings. The summed E-state index contributed by atoms with van der Waals surface area (Å²) >= 11 is 11.6. The van der Waals surface area contributed by atoms with Crippen molar-refractivity contribution in [1.82, 2.24) is 9.88 Å². The average molecular weight is 356 g/mol. The second-order valence-electron chi connectivity index (χ2n) is 5.24. The van der Waals surface area contributed by atoms with Crippen molar-refractivity contribution in [2.75, 3.05) is 50.4 Å². The van der Waals surface area contributed by atoms with Crippen molar-refractivity contribution in [2.24, 2.45) is 0 Å². The third-order valence-electron chi connectivity index (χ3n) is 3.72. The number of alkyl halides is 2. The van der Waals surface area contributed by atoms with Gasteiger partial charge in [0.1, 0.15) is 5.75 Å². The fourth-order valence-electron chi connectivity index (χ4n) is 2.51. The number of pyridine rings is 1. The van der Waals surface area contributed by atoms with Gasteiger partial charge in [-0.2, -0.15) is 0 Å². The highest BCUT2D eigenvalue weighted by Crippen LogP contribution is 2.25. The zero-order valence-corrected chi connectivity index (χ0v) is 14.9. The predicted molar refractivity (Wildman–Crippen MR) is 99.3 cm³/mol. The maximum Gasteiger partial charge on any atom is 0.119 e. The molecule has 2 rings (SSSR count). The summed E-state index contributed by atoms with van der Waals surface area (Å²) < 4.78 is 5.30. The Bertz CT molecular complexity index is 603. The first-order valence-electron chi connectivity index (χ1n) is 7.79. The van der Waals surface area contributed by atoms with Crippen LogP contribution >= 0.6 is 23.2 Å². The molecule has 1 N–H and O–H groups in total. The maximum absolute atomic E-state index is 5.82. The highest BCUT2D eigenvalue weighted by atomic mass is 35.5. The lowest BCUT2D eigenvalue weighted by Crippen LogP contribution is -2.30. The van der Waals surface area contributed by atoms with Gasteiger partial charge in [-0.1, -0.05) is 0 Å². The van der Waals surface area contributed by atoms with Crippen LogP contribution in [0.2, 0.25) is 0 Å². The molecule has 126 valence electrons. The van der Waals surface area contributed by atoms with Crippen LogP contribution in [-0.2, 0) is 0 Å². The largest absolute Gasteiger partial charge is 0.497 e. The quantitative estimate of drug-likeness (QED) is 0.519. The summed E-state index contributed by atoms with van der Waals surface area (Å²) in [7, 11) is 1.67. The van der Waals surface area contributed by atoms with E-state index < -0.39 is 0 Å². The van der Waals surface area contributed by atoms with Crippen LogP contribution in [-0.4, -0.2) is 54.9 Å². The van der Waals surface area contributed by atoms with Crippen LogP contribution in [0.1, 0.15) is 6.42 Å². The molecule has 1 aromatic carbocycles. The summed E-state index contributed by atoms with van der Waals surface area (Å²) in [6, 6.07) is 7.91. The van der Waals surface area contributed by atoms with Crippen LogP contribution in [0.3, 0.4) is 0 Å². The second kappa shape index (κ2) is 9.81. The lowest BCUT2D eigenvalue weighted by molar-refractivity contribution is 0.306. The summed E-state index contributed by atoms with van der Waals surface area (Å²) in [5.74, 6) is 2.11. The Balaban J connectivity index is 1.94. The van der Waals surface area contributed by atoms with Crippen molar-refractivity contribution >= 4 is 39.8 Å². The van der Waals surface area contributed by atoms with Gasteiger partial charge >= 0.3 is 0 Å². The predicted octanol–water partition coefficient (Wildman–Crippen LogP) is 3.83. The van der Waals surface area contributed by atoms with Gasteiger partial charge in [-0.3, -0.25) is 4.98 Å². The van der Waals surface area contributed by atoms with Crippen LogP contribution in [0.4, 0.5) is 5.69 Å². The molecule has 23 heavy (non-hydrogen) atoms. The number of nitrogens with one attached hydrogen (secondary N) is 1. The van der Waals surface area contributed by atoms with Crippen molar-refractivity contribution in [3.05, 3.63) is 30.5 Å². The van der Waals surface area contributed by atoms with E-state index in [-0.39, 0.29) is 0 Å². The Labute approximate surface area is 147 Å². The first kappa shape index (κ1) is 18.1. The number of rotatable bonds is 10. The molecule has 0 aliphatic heterocycles. The summed E-state index contributed by atoms with van der Waals surface area (Å²) in [5, 5.41) is 4.56. The van der Waals surface area contributed by atoms with Gasteiger partial charge in [-0.05, 0) is 37.2 Å². The van der Waals surface area contributed by atoms with Gasteiger partial charge < -0.3 is 15.0 Å². The number of anilines is 1. The molecule has 0 unspecified atom stereocenters. The minimum atomic E-state index is 0.638. The van der Waals surface area contributed by atoms with E-state index in [2.05, 4.69) is 15.2 Å². The van der Waals surface area contributed by atoms with Gasteiger partial charge in [-0.25, -0.2) is 0 Å². The number of hydrogen-bond acceptors (Lipinski definition) is 4. The third-order valence-corrected chi connectivity index (χ3v) is 4.05. The van der Waals surface area contributed by atoms with Crippen LogP contribution in [0, 0.1) is 0 Å². The smallest absolute Gasteiger partial charge is 0.119 e. The molecule has 0 aliphatic rings. The number of methoxy groups -OCH3 is 1. The Kier molecular flexibility index (Phi) is 7.72. The maximum atomic E-state index is 5.82. The summed E-state index contributed by atoms with van der Waals surface area (Å²) in [6.07, 6.45) is 2.85. The monoisotopic (exact) mass is 355 g/mol. The molecular weight excluding hydrogens is 333 g/mol. The molecule has 0 radical (unpaired) electrons. The highest BCUT2D eigenvalue weighted by molar-refractivity contribution is 6.18. The third kappa shape index (κ3) is 5.41. The SMILES string of the molecule is COc1ccc2nccc(NCCCN(CCCl)CCCl)c2c1. The van der Waals surface area contributed by atoms with Crippen molar-refractivity contribution < 1.29 is 4.74 Å². The molecule has 0 saturated heterocycles. The number of benzene rings is 1. The lowest BCUT2D eigenvalue weighted by Gasteiger charge is -2.20. The van der Waals surface area contributed by atoms with Crippen LogP contribution in [0.5, 0.6) is 5.75 Å². The van der Waals surface area contributed by atoms with Crippen LogP contribution < -0.4 is 10.1 Å². The molecule has 1 heterocycles. The molecule has 0 amide bonds. The van der Waals surface area contributed by atoms with Crippen LogP contribution in [0.25, 0.3) is 10.9 Å². The van der Waals surface area contributed by atoms with E-state index >= 15 is 0 Å². The Morgan fingerprint density at radius 3 is 2.61 bits per heavy atom. The number of nitrogens with zero attached hydrogens (tertiary/aromatic N) is 2. The van der Waals surface area contributed by atoms with E-state index in [0.717, 1.165) is 54.9 Å². The number of hydrogen-bond donors (Lipinski definition) is 1. The highest BCUT2D eigenvalue weighted by Gasteiger charge is 2.05. The molecule has 1 aromatic heterocycles. The molecule has 6 heteroatoms. The van der Waals surface area contributed by atoms with Gasteiger partial charge in [0, 0.05) is 48.7 Å². The first-order valence-corrected chi connectivity index (χ1v) is 8.86. The van der Waals surface area contributed by atoms with E-state index in [9.17, 15) is 0 Å². The Morgan fingerprint density at radius 2 is 1.91 bits per heavy atom.